The monoisotopic (exact) mass is 479 g/mol. The number of carbonyl (C=O) groups excluding carboxylic acids is 4. The molecule has 2 rings (SSSR count). The number of primary amides is 1. The highest BCUT2D eigenvalue weighted by atomic mass is 32.1. The maximum atomic E-state index is 13.1. The highest BCUT2D eigenvalue weighted by molar-refractivity contribution is 7.80. The average Bonchev–Trinajstić information content (AvgIpc) is 3.27. The smallest absolute Gasteiger partial charge is 0.326 e. The average molecular weight is 480 g/mol. The van der Waals surface area contributed by atoms with E-state index in [1.54, 1.807) is 30.3 Å². The molecule has 1 saturated heterocycles. The van der Waals surface area contributed by atoms with Gasteiger partial charge >= 0.3 is 5.97 Å². The van der Waals surface area contributed by atoms with Crippen molar-refractivity contribution in [3.63, 3.8) is 0 Å². The van der Waals surface area contributed by atoms with E-state index in [9.17, 15) is 29.1 Å². The lowest BCUT2D eigenvalue weighted by molar-refractivity contribution is -0.145. The highest BCUT2D eigenvalue weighted by Crippen LogP contribution is 2.20. The third-order valence-electron chi connectivity index (χ3n) is 5.29. The van der Waals surface area contributed by atoms with Crippen LogP contribution in [0.15, 0.2) is 30.3 Å². The summed E-state index contributed by atoms with van der Waals surface area (Å²) < 4.78 is 0. The SMILES string of the molecule is NC(=O)CC(NC(=O)C(N)CS)C(=O)N1CCCC1C(=O)NC(Cc1ccccc1)C(=O)O. The Labute approximate surface area is 196 Å². The van der Waals surface area contributed by atoms with Crippen molar-refractivity contribution in [1.29, 1.82) is 0 Å². The molecule has 0 radical (unpaired) electrons. The van der Waals surface area contributed by atoms with Gasteiger partial charge in [0.25, 0.3) is 0 Å². The van der Waals surface area contributed by atoms with Crippen LogP contribution in [0.1, 0.15) is 24.8 Å². The number of rotatable bonds is 11. The fourth-order valence-electron chi connectivity index (χ4n) is 3.58. The third-order valence-corrected chi connectivity index (χ3v) is 5.68. The van der Waals surface area contributed by atoms with Gasteiger partial charge in [-0.05, 0) is 18.4 Å². The van der Waals surface area contributed by atoms with Gasteiger partial charge in [0, 0.05) is 18.7 Å². The predicted octanol–water partition coefficient (Wildman–Crippen LogP) is -1.59. The first-order valence-corrected chi connectivity index (χ1v) is 11.1. The largest absolute Gasteiger partial charge is 0.480 e. The molecule has 1 aromatic rings. The number of carbonyl (C=O) groups is 5. The highest BCUT2D eigenvalue weighted by Gasteiger charge is 2.39. The Morgan fingerprint density at radius 1 is 1.12 bits per heavy atom. The second kappa shape index (κ2) is 12.2. The summed E-state index contributed by atoms with van der Waals surface area (Å²) in [6, 6.07) is 4.40. The summed E-state index contributed by atoms with van der Waals surface area (Å²) in [7, 11) is 0. The van der Waals surface area contributed by atoms with Gasteiger partial charge in [-0.3, -0.25) is 19.2 Å². The quantitative estimate of drug-likeness (QED) is 0.206. The number of carboxylic acids is 1. The first kappa shape index (κ1) is 26.1. The molecule has 4 amide bonds. The minimum atomic E-state index is -1.30. The molecular weight excluding hydrogens is 450 g/mol. The minimum absolute atomic E-state index is 0.0239. The van der Waals surface area contributed by atoms with Gasteiger partial charge in [-0.2, -0.15) is 12.6 Å². The molecule has 1 aromatic carbocycles. The van der Waals surface area contributed by atoms with Gasteiger partial charge in [-0.1, -0.05) is 30.3 Å². The molecule has 4 atom stereocenters. The molecule has 1 heterocycles. The number of nitrogens with one attached hydrogen (secondary N) is 2. The van der Waals surface area contributed by atoms with Gasteiger partial charge in [0.1, 0.15) is 18.1 Å². The molecular formula is C21H29N5O6S. The maximum absolute atomic E-state index is 13.1. The van der Waals surface area contributed by atoms with Gasteiger partial charge in [0.15, 0.2) is 0 Å². The van der Waals surface area contributed by atoms with Crippen LogP contribution in [0.4, 0.5) is 0 Å². The van der Waals surface area contributed by atoms with Crippen molar-refractivity contribution >= 4 is 42.2 Å². The van der Waals surface area contributed by atoms with Crippen LogP contribution in [0.2, 0.25) is 0 Å². The normalized spacial score (nSPS) is 18.1. The molecule has 1 aliphatic rings. The lowest BCUT2D eigenvalue weighted by Gasteiger charge is -2.29. The van der Waals surface area contributed by atoms with E-state index in [0.29, 0.717) is 12.8 Å². The molecule has 180 valence electrons. The minimum Gasteiger partial charge on any atom is -0.480 e. The van der Waals surface area contributed by atoms with Crippen LogP contribution in [0, 0.1) is 0 Å². The van der Waals surface area contributed by atoms with E-state index in [-0.39, 0.29) is 18.7 Å². The standard InChI is InChI=1S/C21H29N5O6S/c22-13(11-33)18(28)24-14(10-17(23)27)20(30)26-8-4-7-16(26)19(29)25-15(21(31)32)9-12-5-2-1-3-6-12/h1-3,5-6,13-16,33H,4,7-11,22H2,(H2,23,27)(H,24,28)(H,25,29)(H,31,32). The number of hydrogen-bond acceptors (Lipinski definition) is 7. The van der Waals surface area contributed by atoms with E-state index in [2.05, 4.69) is 23.3 Å². The van der Waals surface area contributed by atoms with Crippen LogP contribution in [0.3, 0.4) is 0 Å². The molecule has 0 saturated carbocycles. The number of aliphatic carboxylic acids is 1. The topological polar surface area (TPSA) is 185 Å². The van der Waals surface area contributed by atoms with Crippen molar-refractivity contribution < 1.29 is 29.1 Å². The number of nitrogens with zero attached hydrogens (tertiary/aromatic N) is 1. The van der Waals surface area contributed by atoms with Gasteiger partial charge in [-0.25, -0.2) is 4.79 Å². The molecule has 33 heavy (non-hydrogen) atoms. The molecule has 1 fully saturated rings. The summed E-state index contributed by atoms with van der Waals surface area (Å²) >= 11 is 3.94. The first-order chi connectivity index (χ1) is 15.6. The Hall–Kier alpha value is -3.12. The van der Waals surface area contributed by atoms with Crippen LogP contribution >= 0.6 is 12.6 Å². The zero-order valence-electron chi connectivity index (χ0n) is 18.0. The van der Waals surface area contributed by atoms with Crippen molar-refractivity contribution in [2.75, 3.05) is 12.3 Å². The number of nitrogens with two attached hydrogens (primary N) is 2. The molecule has 0 spiro atoms. The molecule has 11 nitrogen and oxygen atoms in total. The van der Waals surface area contributed by atoms with Crippen LogP contribution in [0.5, 0.6) is 0 Å². The van der Waals surface area contributed by atoms with Crippen molar-refractivity contribution in [1.82, 2.24) is 15.5 Å². The van der Waals surface area contributed by atoms with Crippen molar-refractivity contribution in [2.24, 2.45) is 11.5 Å². The molecule has 0 bridgehead atoms. The van der Waals surface area contributed by atoms with Crippen molar-refractivity contribution in [3.05, 3.63) is 35.9 Å². The maximum Gasteiger partial charge on any atom is 0.326 e. The predicted molar refractivity (Wildman–Crippen MR) is 122 cm³/mol. The Morgan fingerprint density at radius 2 is 1.79 bits per heavy atom. The van der Waals surface area contributed by atoms with Crippen LogP contribution < -0.4 is 22.1 Å². The van der Waals surface area contributed by atoms with Crippen LogP contribution in [0.25, 0.3) is 0 Å². The number of hydrogen-bond donors (Lipinski definition) is 6. The van der Waals surface area contributed by atoms with E-state index in [4.69, 9.17) is 11.5 Å². The number of likely N-dealkylation sites (tertiary alicyclic amines) is 1. The summed E-state index contributed by atoms with van der Waals surface area (Å²) in [6.45, 7) is 0.205. The third kappa shape index (κ3) is 7.46. The molecule has 0 aromatic heterocycles. The number of amides is 4. The number of benzene rings is 1. The van der Waals surface area contributed by atoms with E-state index in [0.717, 1.165) is 5.56 Å². The summed E-state index contributed by atoms with van der Waals surface area (Å²) in [6.07, 6.45) is 0.404. The van der Waals surface area contributed by atoms with E-state index in [1.807, 2.05) is 0 Å². The Kier molecular flexibility index (Phi) is 9.67. The van der Waals surface area contributed by atoms with Gasteiger partial charge < -0.3 is 32.1 Å². The van der Waals surface area contributed by atoms with Crippen LogP contribution in [-0.4, -0.2) is 76.1 Å². The zero-order chi connectivity index (χ0) is 24.5. The fourth-order valence-corrected chi connectivity index (χ4v) is 3.75. The number of thiol groups is 1. The summed E-state index contributed by atoms with van der Waals surface area (Å²) in [5.41, 5.74) is 11.6. The summed E-state index contributed by atoms with van der Waals surface area (Å²) in [5, 5.41) is 14.4. The van der Waals surface area contributed by atoms with Gasteiger partial charge in [-0.15, -0.1) is 0 Å². The molecule has 7 N–H and O–H groups in total. The molecule has 0 aliphatic carbocycles. The second-order valence-corrected chi connectivity index (χ2v) is 8.16. The molecule has 1 aliphatic heterocycles. The van der Waals surface area contributed by atoms with Gasteiger partial charge in [0.2, 0.25) is 23.6 Å². The zero-order valence-corrected chi connectivity index (χ0v) is 18.9. The molecule has 12 heteroatoms. The Bertz CT molecular complexity index is 883. The summed E-state index contributed by atoms with van der Waals surface area (Å²) in [5.74, 6) is -3.97. The van der Waals surface area contributed by atoms with E-state index in [1.165, 1.54) is 4.90 Å². The van der Waals surface area contributed by atoms with Crippen molar-refractivity contribution in [2.45, 2.75) is 49.9 Å². The van der Waals surface area contributed by atoms with E-state index < -0.39 is 60.2 Å². The van der Waals surface area contributed by atoms with E-state index >= 15 is 0 Å². The number of carboxylic acid groups (broad SMARTS) is 1. The van der Waals surface area contributed by atoms with Crippen LogP contribution in [-0.2, 0) is 30.4 Å². The van der Waals surface area contributed by atoms with Crippen molar-refractivity contribution in [3.8, 4) is 0 Å². The fraction of sp³-hybridized carbons (Fsp3) is 0.476. The summed E-state index contributed by atoms with van der Waals surface area (Å²) in [4.78, 5) is 62.6. The Balaban J connectivity index is 2.13. The lowest BCUT2D eigenvalue weighted by atomic mass is 10.0. The Morgan fingerprint density at radius 3 is 2.36 bits per heavy atom. The first-order valence-electron chi connectivity index (χ1n) is 10.5. The lowest BCUT2D eigenvalue weighted by Crippen LogP contribution is -2.57. The molecule has 4 unspecified atom stereocenters. The van der Waals surface area contributed by atoms with Gasteiger partial charge in [0.05, 0.1) is 12.5 Å². The second-order valence-electron chi connectivity index (χ2n) is 7.80.